The lowest BCUT2D eigenvalue weighted by molar-refractivity contribution is -0.136. The molecule has 130 valence electrons. The summed E-state index contributed by atoms with van der Waals surface area (Å²) in [7, 11) is 0. The predicted molar refractivity (Wildman–Crippen MR) is 92.0 cm³/mol. The van der Waals surface area contributed by atoms with Gasteiger partial charge in [-0.1, -0.05) is 30.3 Å². The fraction of sp³-hybridized carbons (Fsp3) is 0.235. The zero-order chi connectivity index (χ0) is 18.4. The van der Waals surface area contributed by atoms with Gasteiger partial charge in [-0.2, -0.15) is 13.2 Å². The van der Waals surface area contributed by atoms with Crippen LogP contribution in [0, 0.1) is 4.77 Å². The van der Waals surface area contributed by atoms with Gasteiger partial charge in [-0.15, -0.1) is 0 Å². The van der Waals surface area contributed by atoms with Gasteiger partial charge in [0.2, 0.25) is 0 Å². The van der Waals surface area contributed by atoms with Crippen LogP contribution >= 0.6 is 12.2 Å². The normalized spacial score (nSPS) is 12.1. The van der Waals surface area contributed by atoms with Crippen LogP contribution in [0.3, 0.4) is 0 Å². The Kier molecular flexibility index (Phi) is 4.24. The van der Waals surface area contributed by atoms with Crippen LogP contribution in [0.15, 0.2) is 41.2 Å². The summed E-state index contributed by atoms with van der Waals surface area (Å²) in [6.45, 7) is 3.52. The van der Waals surface area contributed by atoms with Crippen molar-refractivity contribution in [3.8, 4) is 11.3 Å². The molecule has 0 aliphatic heterocycles. The molecule has 3 aromatic rings. The molecular formula is C17H14F3N3OS. The molecule has 0 saturated heterocycles. The van der Waals surface area contributed by atoms with Gasteiger partial charge in [0, 0.05) is 11.6 Å². The summed E-state index contributed by atoms with van der Waals surface area (Å²) in [5, 5.41) is -0.505. The molecule has 0 spiro atoms. The Morgan fingerprint density at radius 3 is 2.40 bits per heavy atom. The van der Waals surface area contributed by atoms with Crippen LogP contribution in [0.25, 0.3) is 22.3 Å². The van der Waals surface area contributed by atoms with E-state index in [0.29, 0.717) is 5.56 Å². The highest BCUT2D eigenvalue weighted by Gasteiger charge is 2.35. The Bertz CT molecular complexity index is 1050. The van der Waals surface area contributed by atoms with Crippen LogP contribution in [0.2, 0.25) is 0 Å². The maximum Gasteiger partial charge on any atom is 0.417 e. The highest BCUT2D eigenvalue weighted by Crippen LogP contribution is 2.35. The topological polar surface area (TPSA) is 50.7 Å². The summed E-state index contributed by atoms with van der Waals surface area (Å²) in [5.74, 6) is 0. The summed E-state index contributed by atoms with van der Waals surface area (Å²) >= 11 is 5.13. The largest absolute Gasteiger partial charge is 0.417 e. The third kappa shape index (κ3) is 3.09. The highest BCUT2D eigenvalue weighted by atomic mass is 32.1. The summed E-state index contributed by atoms with van der Waals surface area (Å²) in [5.41, 5.74) is -1.33. The molecule has 3 rings (SSSR count). The molecule has 0 radical (unpaired) electrons. The van der Waals surface area contributed by atoms with Gasteiger partial charge in [-0.3, -0.25) is 14.3 Å². The number of alkyl halides is 3. The van der Waals surface area contributed by atoms with Gasteiger partial charge >= 0.3 is 6.18 Å². The first-order valence-corrected chi connectivity index (χ1v) is 7.93. The number of nitrogens with one attached hydrogen (secondary N) is 1. The first kappa shape index (κ1) is 17.3. The molecule has 25 heavy (non-hydrogen) atoms. The number of aromatic amines is 1. The first-order chi connectivity index (χ1) is 11.7. The Balaban J connectivity index is 2.54. The maximum absolute atomic E-state index is 13.6. The summed E-state index contributed by atoms with van der Waals surface area (Å²) < 4.78 is 42.3. The van der Waals surface area contributed by atoms with Crippen LogP contribution in [0.5, 0.6) is 0 Å². The Morgan fingerprint density at radius 2 is 1.84 bits per heavy atom. The first-order valence-electron chi connectivity index (χ1n) is 7.52. The van der Waals surface area contributed by atoms with E-state index in [4.69, 9.17) is 12.2 Å². The van der Waals surface area contributed by atoms with E-state index in [9.17, 15) is 18.0 Å². The summed E-state index contributed by atoms with van der Waals surface area (Å²) in [6.07, 6.45) is -4.70. The smallest absolute Gasteiger partial charge is 0.300 e. The van der Waals surface area contributed by atoms with Crippen molar-refractivity contribution in [2.45, 2.75) is 26.1 Å². The second-order valence-corrected chi connectivity index (χ2v) is 6.23. The van der Waals surface area contributed by atoms with Crippen LogP contribution < -0.4 is 5.56 Å². The number of benzene rings is 1. The van der Waals surface area contributed by atoms with E-state index in [1.165, 1.54) is 4.57 Å². The minimum Gasteiger partial charge on any atom is -0.300 e. The van der Waals surface area contributed by atoms with E-state index in [-0.39, 0.29) is 22.2 Å². The molecular weight excluding hydrogens is 351 g/mol. The average Bonchev–Trinajstić information content (AvgIpc) is 2.53. The van der Waals surface area contributed by atoms with Gasteiger partial charge in [0.1, 0.15) is 5.65 Å². The molecule has 8 heteroatoms. The fourth-order valence-electron chi connectivity index (χ4n) is 2.71. The number of H-pyrrole nitrogens is 1. The average molecular weight is 365 g/mol. The Labute approximate surface area is 146 Å². The molecule has 1 N–H and O–H groups in total. The van der Waals surface area contributed by atoms with Crippen LogP contribution in [0.4, 0.5) is 13.2 Å². The molecule has 2 heterocycles. The SMILES string of the molecule is CC(C)n1c(=S)[nH]c(=O)c2c(C(F)(F)F)cc(-c3ccccc3)nc21. The molecule has 0 unspecified atom stereocenters. The van der Waals surface area contributed by atoms with Crippen molar-refractivity contribution in [3.63, 3.8) is 0 Å². The van der Waals surface area contributed by atoms with Crippen molar-refractivity contribution in [1.29, 1.82) is 0 Å². The molecule has 0 amide bonds. The van der Waals surface area contributed by atoms with E-state index >= 15 is 0 Å². The van der Waals surface area contributed by atoms with Gasteiger partial charge < -0.3 is 0 Å². The molecule has 0 saturated carbocycles. The van der Waals surface area contributed by atoms with Crippen molar-refractivity contribution < 1.29 is 13.2 Å². The molecule has 1 aromatic carbocycles. The summed E-state index contributed by atoms with van der Waals surface area (Å²) in [6, 6.07) is 9.14. The predicted octanol–water partition coefficient (Wildman–Crippen LogP) is 4.72. The number of halogens is 3. The molecule has 2 aromatic heterocycles. The number of fused-ring (bicyclic) bond motifs is 1. The van der Waals surface area contributed by atoms with Gasteiger partial charge in [-0.05, 0) is 32.1 Å². The number of pyridine rings is 1. The van der Waals surface area contributed by atoms with Gasteiger partial charge in [0.15, 0.2) is 4.77 Å². The van der Waals surface area contributed by atoms with Crippen LogP contribution in [0.1, 0.15) is 25.5 Å². The van der Waals surface area contributed by atoms with E-state index in [2.05, 4.69) is 9.97 Å². The summed E-state index contributed by atoms with van der Waals surface area (Å²) in [4.78, 5) is 18.9. The monoisotopic (exact) mass is 365 g/mol. The second-order valence-electron chi connectivity index (χ2n) is 5.84. The molecule has 0 bridgehead atoms. The lowest BCUT2D eigenvalue weighted by Gasteiger charge is -2.18. The number of hydrogen-bond acceptors (Lipinski definition) is 3. The number of rotatable bonds is 2. The number of nitrogens with zero attached hydrogens (tertiary/aromatic N) is 2. The Hall–Kier alpha value is -2.48. The van der Waals surface area contributed by atoms with Crippen molar-refractivity contribution in [3.05, 3.63) is 57.1 Å². The quantitative estimate of drug-likeness (QED) is 0.669. The van der Waals surface area contributed by atoms with E-state index < -0.39 is 22.7 Å². The molecule has 0 fully saturated rings. The van der Waals surface area contributed by atoms with Gasteiger partial charge in [0.05, 0.1) is 16.6 Å². The minimum absolute atomic E-state index is 0.0401. The molecule has 4 nitrogen and oxygen atoms in total. The van der Waals surface area contributed by atoms with Crippen molar-refractivity contribution in [2.75, 3.05) is 0 Å². The number of aromatic nitrogens is 3. The number of hydrogen-bond donors (Lipinski definition) is 1. The third-order valence-electron chi connectivity index (χ3n) is 3.79. The third-order valence-corrected chi connectivity index (χ3v) is 4.08. The van der Waals surface area contributed by atoms with Crippen LogP contribution in [-0.2, 0) is 6.18 Å². The second kappa shape index (κ2) is 6.11. The fourth-order valence-corrected chi connectivity index (χ4v) is 3.10. The zero-order valence-electron chi connectivity index (χ0n) is 13.4. The molecule has 0 atom stereocenters. The zero-order valence-corrected chi connectivity index (χ0v) is 14.2. The van der Waals surface area contributed by atoms with Crippen molar-refractivity contribution >= 4 is 23.3 Å². The van der Waals surface area contributed by atoms with Gasteiger partial charge in [-0.25, -0.2) is 4.98 Å². The van der Waals surface area contributed by atoms with E-state index in [1.54, 1.807) is 44.2 Å². The molecule has 0 aliphatic rings. The van der Waals surface area contributed by atoms with Crippen LogP contribution in [-0.4, -0.2) is 14.5 Å². The highest BCUT2D eigenvalue weighted by molar-refractivity contribution is 7.71. The molecule has 0 aliphatic carbocycles. The Morgan fingerprint density at radius 1 is 1.20 bits per heavy atom. The van der Waals surface area contributed by atoms with E-state index in [1.807, 2.05) is 0 Å². The minimum atomic E-state index is -4.70. The lowest BCUT2D eigenvalue weighted by Crippen LogP contribution is -2.21. The van der Waals surface area contributed by atoms with E-state index in [0.717, 1.165) is 6.07 Å². The standard InChI is InChI=1S/C17H14F3N3OS/c1-9(2)23-14-13(15(24)22-16(23)25)11(17(18,19)20)8-12(21-14)10-6-4-3-5-7-10/h3-9H,1-2H3,(H,22,24,25). The van der Waals surface area contributed by atoms with Crippen molar-refractivity contribution in [1.82, 2.24) is 14.5 Å². The lowest BCUT2D eigenvalue weighted by atomic mass is 10.1. The van der Waals surface area contributed by atoms with Gasteiger partial charge in [0.25, 0.3) is 5.56 Å². The van der Waals surface area contributed by atoms with Crippen molar-refractivity contribution in [2.24, 2.45) is 0 Å². The maximum atomic E-state index is 13.6.